The van der Waals surface area contributed by atoms with Crippen molar-refractivity contribution in [3.63, 3.8) is 0 Å². The van der Waals surface area contributed by atoms with Crippen LogP contribution in [0.3, 0.4) is 0 Å². The molecule has 0 aromatic heterocycles. The Hall–Kier alpha value is -1.80. The highest BCUT2D eigenvalue weighted by Gasteiger charge is 2.03. The summed E-state index contributed by atoms with van der Waals surface area (Å²) in [5.41, 5.74) is 9.00. The molecule has 0 fully saturated rings. The minimum Gasteiger partial charge on any atom is -0.491 e. The van der Waals surface area contributed by atoms with Crippen LogP contribution in [0.1, 0.15) is 25.0 Å². The number of benzene rings is 2. The second-order valence-corrected chi connectivity index (χ2v) is 5.73. The molecule has 0 heterocycles. The van der Waals surface area contributed by atoms with Crippen LogP contribution in [-0.4, -0.2) is 19.2 Å². The zero-order valence-corrected chi connectivity index (χ0v) is 17.2. The van der Waals surface area contributed by atoms with Crippen LogP contribution in [0, 0.1) is 0 Å². The second kappa shape index (κ2) is 10.9. The third kappa shape index (κ3) is 7.31. The molecule has 0 aliphatic rings. The molecule has 2 aromatic rings. The van der Waals surface area contributed by atoms with E-state index in [4.69, 9.17) is 15.2 Å². The highest BCUT2D eigenvalue weighted by molar-refractivity contribution is 14.0. The fraction of sp³-hybridized carbons (Fsp3) is 0.316. The predicted molar refractivity (Wildman–Crippen MR) is 114 cm³/mol. The Morgan fingerprint density at radius 1 is 1.12 bits per heavy atom. The molecule has 2 aromatic carbocycles. The Morgan fingerprint density at radius 3 is 2.44 bits per heavy atom. The summed E-state index contributed by atoms with van der Waals surface area (Å²) >= 11 is 0. The second-order valence-electron chi connectivity index (χ2n) is 5.73. The molecule has 2 rings (SSSR count). The maximum atomic E-state index is 5.99. The van der Waals surface area contributed by atoms with E-state index in [2.05, 4.69) is 10.3 Å². The average Bonchev–Trinajstić information content (AvgIpc) is 2.56. The quantitative estimate of drug-likeness (QED) is 0.374. The fourth-order valence-electron chi connectivity index (χ4n) is 2.22. The molecule has 3 N–H and O–H groups in total. The molecule has 0 spiro atoms. The fourth-order valence-corrected chi connectivity index (χ4v) is 2.22. The number of aliphatic imine (C=N–C) groups is 1. The number of halogens is 1. The van der Waals surface area contributed by atoms with Crippen molar-refractivity contribution in [2.24, 2.45) is 10.7 Å². The molecule has 5 nitrogen and oxygen atoms in total. The number of hydrogen-bond acceptors (Lipinski definition) is 3. The van der Waals surface area contributed by atoms with Crippen molar-refractivity contribution in [1.29, 1.82) is 0 Å². The predicted octanol–water partition coefficient (Wildman–Crippen LogP) is 4.17. The smallest absolute Gasteiger partial charge is 0.193 e. The van der Waals surface area contributed by atoms with Gasteiger partial charge in [-0.1, -0.05) is 30.3 Å². The molecule has 0 amide bonds. The third-order valence-corrected chi connectivity index (χ3v) is 3.31. The monoisotopic (exact) mass is 455 g/mol. The summed E-state index contributed by atoms with van der Waals surface area (Å²) in [5, 5.41) is 3.13. The lowest BCUT2D eigenvalue weighted by molar-refractivity contribution is 0.185. The van der Waals surface area contributed by atoms with Crippen LogP contribution in [-0.2, 0) is 17.9 Å². The molecule has 136 valence electrons. The molecule has 0 aliphatic carbocycles. The number of methoxy groups -OCH3 is 1. The topological polar surface area (TPSA) is 68.9 Å². The summed E-state index contributed by atoms with van der Waals surface area (Å²) in [6.07, 6.45) is 0.167. The zero-order chi connectivity index (χ0) is 17.4. The number of ether oxygens (including phenoxy) is 2. The van der Waals surface area contributed by atoms with E-state index in [9.17, 15) is 0 Å². The number of nitrogens with one attached hydrogen (secondary N) is 1. The van der Waals surface area contributed by atoms with Crippen LogP contribution >= 0.6 is 24.0 Å². The molecule has 0 atom stereocenters. The van der Waals surface area contributed by atoms with Crippen molar-refractivity contribution in [2.75, 3.05) is 12.4 Å². The van der Waals surface area contributed by atoms with Gasteiger partial charge in [-0.3, -0.25) is 0 Å². The Labute approximate surface area is 166 Å². The highest BCUT2D eigenvalue weighted by atomic mass is 127. The van der Waals surface area contributed by atoms with Gasteiger partial charge in [0, 0.05) is 18.4 Å². The van der Waals surface area contributed by atoms with E-state index in [1.807, 2.05) is 62.4 Å². The van der Waals surface area contributed by atoms with E-state index in [1.54, 1.807) is 7.11 Å². The summed E-state index contributed by atoms with van der Waals surface area (Å²) in [5.74, 6) is 1.23. The molecule has 25 heavy (non-hydrogen) atoms. The molecule has 6 heteroatoms. The van der Waals surface area contributed by atoms with Gasteiger partial charge in [0.15, 0.2) is 5.96 Å². The van der Waals surface area contributed by atoms with Crippen LogP contribution in [0.15, 0.2) is 53.5 Å². The van der Waals surface area contributed by atoms with Gasteiger partial charge in [0.2, 0.25) is 0 Å². The van der Waals surface area contributed by atoms with Gasteiger partial charge < -0.3 is 20.5 Å². The first-order valence-corrected chi connectivity index (χ1v) is 7.98. The SMILES string of the molecule is COCc1ccccc1NC(N)=NCc1ccc(OC(C)C)cc1.I. The van der Waals surface area contributed by atoms with Crippen LogP contribution < -0.4 is 15.8 Å². The first kappa shape index (κ1) is 21.2. The standard InChI is InChI=1S/C19H25N3O2.HI/c1-14(2)24-17-10-8-15(9-11-17)12-21-19(20)22-18-7-5-4-6-16(18)13-23-3;/h4-11,14H,12-13H2,1-3H3,(H3,20,21,22);1H. The number of hydrogen-bond donors (Lipinski definition) is 2. The maximum Gasteiger partial charge on any atom is 0.193 e. The van der Waals surface area contributed by atoms with Crippen molar-refractivity contribution < 1.29 is 9.47 Å². The Bertz CT molecular complexity index is 673. The summed E-state index contributed by atoms with van der Waals surface area (Å²) < 4.78 is 10.8. The van der Waals surface area contributed by atoms with Crippen LogP contribution in [0.5, 0.6) is 5.75 Å². The van der Waals surface area contributed by atoms with Gasteiger partial charge in [0.25, 0.3) is 0 Å². The third-order valence-electron chi connectivity index (χ3n) is 3.31. The lowest BCUT2D eigenvalue weighted by Gasteiger charge is -2.11. The number of para-hydroxylation sites is 1. The normalized spacial score (nSPS) is 11.1. The van der Waals surface area contributed by atoms with Crippen molar-refractivity contribution in [3.8, 4) is 5.75 Å². The van der Waals surface area contributed by atoms with Gasteiger partial charge in [0.1, 0.15) is 5.75 Å². The van der Waals surface area contributed by atoms with Crippen LogP contribution in [0.2, 0.25) is 0 Å². The van der Waals surface area contributed by atoms with Crippen molar-refractivity contribution in [2.45, 2.75) is 33.1 Å². The van der Waals surface area contributed by atoms with Gasteiger partial charge in [-0.25, -0.2) is 4.99 Å². The molecular weight excluding hydrogens is 429 g/mol. The molecule has 0 aliphatic heterocycles. The van der Waals surface area contributed by atoms with E-state index in [0.717, 1.165) is 22.6 Å². The van der Waals surface area contributed by atoms with Crippen molar-refractivity contribution in [3.05, 3.63) is 59.7 Å². The van der Waals surface area contributed by atoms with E-state index in [1.165, 1.54) is 0 Å². The molecule has 0 unspecified atom stereocenters. The summed E-state index contributed by atoms with van der Waals surface area (Å²) in [6.45, 7) is 5.04. The Balaban J connectivity index is 0.00000312. The van der Waals surface area contributed by atoms with Gasteiger partial charge in [-0.05, 0) is 37.6 Å². The summed E-state index contributed by atoms with van der Waals surface area (Å²) in [6, 6.07) is 15.7. The number of nitrogens with zero attached hydrogens (tertiary/aromatic N) is 1. The van der Waals surface area contributed by atoms with Crippen molar-refractivity contribution >= 4 is 35.6 Å². The summed E-state index contributed by atoms with van der Waals surface area (Å²) in [4.78, 5) is 4.38. The number of anilines is 1. The van der Waals surface area contributed by atoms with Gasteiger partial charge in [0.05, 0.1) is 19.3 Å². The first-order valence-electron chi connectivity index (χ1n) is 7.98. The largest absolute Gasteiger partial charge is 0.491 e. The number of guanidine groups is 1. The maximum absolute atomic E-state index is 5.99. The minimum absolute atomic E-state index is 0. The van der Waals surface area contributed by atoms with Crippen molar-refractivity contribution in [1.82, 2.24) is 0 Å². The lowest BCUT2D eigenvalue weighted by atomic mass is 10.2. The number of nitrogens with two attached hydrogens (primary N) is 1. The molecule has 0 radical (unpaired) electrons. The lowest BCUT2D eigenvalue weighted by Crippen LogP contribution is -2.23. The minimum atomic E-state index is 0. The van der Waals surface area contributed by atoms with Gasteiger partial charge in [-0.2, -0.15) is 0 Å². The molecule has 0 saturated heterocycles. The first-order chi connectivity index (χ1) is 11.6. The summed E-state index contributed by atoms with van der Waals surface area (Å²) in [7, 11) is 1.67. The molecular formula is C19H26IN3O2. The van der Waals surface area contributed by atoms with Crippen LogP contribution in [0.4, 0.5) is 5.69 Å². The zero-order valence-electron chi connectivity index (χ0n) is 14.9. The number of rotatable bonds is 7. The Morgan fingerprint density at radius 2 is 1.80 bits per heavy atom. The highest BCUT2D eigenvalue weighted by Crippen LogP contribution is 2.16. The molecule has 0 saturated carbocycles. The van der Waals surface area contributed by atoms with E-state index >= 15 is 0 Å². The van der Waals surface area contributed by atoms with E-state index < -0.39 is 0 Å². The van der Waals surface area contributed by atoms with E-state index in [-0.39, 0.29) is 30.1 Å². The van der Waals surface area contributed by atoms with E-state index in [0.29, 0.717) is 19.1 Å². The van der Waals surface area contributed by atoms with Crippen LogP contribution in [0.25, 0.3) is 0 Å². The Kier molecular flexibility index (Phi) is 9.30. The van der Waals surface area contributed by atoms with Gasteiger partial charge in [-0.15, -0.1) is 24.0 Å². The average molecular weight is 455 g/mol. The molecule has 0 bridgehead atoms. The van der Waals surface area contributed by atoms with Gasteiger partial charge >= 0.3 is 0 Å².